The average molecular weight is 523 g/mol. The van der Waals surface area contributed by atoms with Crippen LogP contribution in [0.2, 0.25) is 0 Å². The second-order valence-electron chi connectivity index (χ2n) is 7.33. The highest BCUT2D eigenvalue weighted by molar-refractivity contribution is 14.1. The minimum Gasteiger partial charge on any atom is -0.494 e. The van der Waals surface area contributed by atoms with Gasteiger partial charge in [0.25, 0.3) is 0 Å². The van der Waals surface area contributed by atoms with E-state index in [0.29, 0.717) is 16.6 Å². The van der Waals surface area contributed by atoms with Gasteiger partial charge in [0.2, 0.25) is 0 Å². The summed E-state index contributed by atoms with van der Waals surface area (Å²) in [6, 6.07) is 23.4. The molecule has 4 aromatic rings. The Morgan fingerprint density at radius 2 is 1.58 bits per heavy atom. The summed E-state index contributed by atoms with van der Waals surface area (Å²) < 4.78 is 6.71. The van der Waals surface area contributed by atoms with Crippen LogP contribution in [0.3, 0.4) is 0 Å². The maximum absolute atomic E-state index is 11.8. The quantitative estimate of drug-likeness (QED) is 0.208. The highest BCUT2D eigenvalue weighted by Crippen LogP contribution is 2.29. The summed E-state index contributed by atoms with van der Waals surface area (Å²) in [5, 5.41) is 10.3. The molecule has 0 spiro atoms. The van der Waals surface area contributed by atoms with Crippen LogP contribution in [0.5, 0.6) is 5.75 Å². The minimum atomic E-state index is -0.950. The molecule has 0 saturated heterocycles. The van der Waals surface area contributed by atoms with E-state index in [-0.39, 0.29) is 5.56 Å². The molecule has 0 bridgehead atoms. The number of pyridine rings is 1. The number of aromatic carboxylic acids is 1. The van der Waals surface area contributed by atoms with E-state index in [9.17, 15) is 9.90 Å². The molecule has 1 N–H and O–H groups in total. The van der Waals surface area contributed by atoms with Crippen molar-refractivity contribution in [2.75, 3.05) is 6.61 Å². The van der Waals surface area contributed by atoms with Gasteiger partial charge in [0, 0.05) is 14.5 Å². The van der Waals surface area contributed by atoms with Crippen LogP contribution >= 0.6 is 22.6 Å². The van der Waals surface area contributed by atoms with E-state index < -0.39 is 5.97 Å². The normalized spacial score (nSPS) is 10.9. The van der Waals surface area contributed by atoms with Crippen molar-refractivity contribution in [2.24, 2.45) is 0 Å². The molecule has 5 heteroatoms. The van der Waals surface area contributed by atoms with Gasteiger partial charge in [-0.25, -0.2) is 9.78 Å². The van der Waals surface area contributed by atoms with Crippen LogP contribution in [-0.2, 0) is 0 Å². The predicted molar refractivity (Wildman–Crippen MR) is 133 cm³/mol. The SMILES string of the molecule is CCCCOc1ccc(-c2ccc(-c3cc(C(=O)O)c4cc(I)ccc4n3)cc2)cc1. The summed E-state index contributed by atoms with van der Waals surface area (Å²) in [4.78, 5) is 16.5. The molecule has 0 fully saturated rings. The number of unbranched alkanes of at least 4 members (excludes halogenated alkanes) is 1. The van der Waals surface area contributed by atoms with Crippen molar-refractivity contribution in [2.45, 2.75) is 19.8 Å². The van der Waals surface area contributed by atoms with Crippen LogP contribution in [-0.4, -0.2) is 22.7 Å². The van der Waals surface area contributed by atoms with Crippen LogP contribution in [0.25, 0.3) is 33.3 Å². The van der Waals surface area contributed by atoms with E-state index >= 15 is 0 Å². The number of benzene rings is 3. The van der Waals surface area contributed by atoms with Gasteiger partial charge < -0.3 is 9.84 Å². The van der Waals surface area contributed by atoms with Crippen LogP contribution in [0.15, 0.2) is 72.8 Å². The zero-order chi connectivity index (χ0) is 21.8. The predicted octanol–water partition coefficient (Wildman–Crippen LogP) is 7.05. The highest BCUT2D eigenvalue weighted by Gasteiger charge is 2.13. The molecule has 31 heavy (non-hydrogen) atoms. The lowest BCUT2D eigenvalue weighted by Gasteiger charge is -2.09. The molecule has 1 heterocycles. The lowest BCUT2D eigenvalue weighted by atomic mass is 10.0. The molecule has 156 valence electrons. The lowest BCUT2D eigenvalue weighted by Crippen LogP contribution is -2.00. The number of aromatic nitrogens is 1. The Morgan fingerprint density at radius 1 is 0.935 bits per heavy atom. The molecule has 4 nitrogen and oxygen atoms in total. The Hall–Kier alpha value is -2.93. The number of carboxylic acids is 1. The fraction of sp³-hybridized carbons (Fsp3) is 0.154. The fourth-order valence-corrected chi connectivity index (χ4v) is 3.93. The lowest BCUT2D eigenvalue weighted by molar-refractivity contribution is 0.0699. The van der Waals surface area contributed by atoms with E-state index in [4.69, 9.17) is 9.72 Å². The van der Waals surface area contributed by atoms with Gasteiger partial charge in [0.1, 0.15) is 5.75 Å². The van der Waals surface area contributed by atoms with E-state index in [0.717, 1.165) is 45.5 Å². The molecular weight excluding hydrogens is 501 g/mol. The summed E-state index contributed by atoms with van der Waals surface area (Å²) in [5.41, 5.74) is 4.65. The number of ether oxygens (including phenoxy) is 1. The molecule has 0 aliphatic heterocycles. The number of carboxylic acid groups (broad SMARTS) is 1. The van der Waals surface area contributed by atoms with Gasteiger partial charge in [-0.15, -0.1) is 0 Å². The number of hydrogen-bond donors (Lipinski definition) is 1. The molecule has 0 unspecified atom stereocenters. The topological polar surface area (TPSA) is 59.4 Å². The van der Waals surface area contributed by atoms with Crippen LogP contribution in [0.1, 0.15) is 30.1 Å². The van der Waals surface area contributed by atoms with E-state index in [1.165, 1.54) is 0 Å². The molecule has 1 aromatic heterocycles. The van der Waals surface area contributed by atoms with Gasteiger partial charge in [-0.3, -0.25) is 0 Å². The van der Waals surface area contributed by atoms with Crippen molar-refractivity contribution in [3.8, 4) is 28.1 Å². The monoisotopic (exact) mass is 523 g/mol. The van der Waals surface area contributed by atoms with E-state index in [2.05, 4.69) is 41.6 Å². The number of nitrogens with zero attached hydrogens (tertiary/aromatic N) is 1. The van der Waals surface area contributed by atoms with Gasteiger partial charge in [-0.05, 0) is 76.5 Å². The van der Waals surface area contributed by atoms with E-state index in [1.807, 2.05) is 54.6 Å². The van der Waals surface area contributed by atoms with Gasteiger partial charge in [0.15, 0.2) is 0 Å². The molecule has 0 amide bonds. The number of hydrogen-bond acceptors (Lipinski definition) is 3. The number of carbonyl (C=O) groups is 1. The second-order valence-corrected chi connectivity index (χ2v) is 8.57. The highest BCUT2D eigenvalue weighted by atomic mass is 127. The van der Waals surface area contributed by atoms with Crippen molar-refractivity contribution in [3.63, 3.8) is 0 Å². The second kappa shape index (κ2) is 9.47. The molecule has 0 aliphatic carbocycles. The third-order valence-electron chi connectivity index (χ3n) is 5.14. The van der Waals surface area contributed by atoms with Gasteiger partial charge in [0.05, 0.1) is 23.4 Å². The van der Waals surface area contributed by atoms with Crippen molar-refractivity contribution in [1.29, 1.82) is 0 Å². The molecule has 0 aliphatic rings. The molecule has 0 radical (unpaired) electrons. The Kier molecular flexibility index (Phi) is 6.51. The third kappa shape index (κ3) is 4.88. The van der Waals surface area contributed by atoms with Crippen molar-refractivity contribution in [1.82, 2.24) is 4.98 Å². The maximum Gasteiger partial charge on any atom is 0.336 e. The first-order valence-electron chi connectivity index (χ1n) is 10.2. The van der Waals surface area contributed by atoms with Crippen molar-refractivity contribution in [3.05, 3.63) is 81.9 Å². The molecular formula is C26H22INO3. The molecule has 4 rings (SSSR count). The van der Waals surface area contributed by atoms with E-state index in [1.54, 1.807) is 6.07 Å². The van der Waals surface area contributed by atoms with Gasteiger partial charge >= 0.3 is 5.97 Å². The van der Waals surface area contributed by atoms with Crippen LogP contribution in [0, 0.1) is 3.57 Å². The number of halogens is 1. The standard InChI is InChI=1S/C26H22INO3/c1-2-3-14-31-21-11-8-18(9-12-21)17-4-6-19(7-5-17)25-16-23(26(29)30)22-15-20(27)10-13-24(22)28-25/h4-13,15-16H,2-3,14H2,1H3,(H,29,30). The van der Waals surface area contributed by atoms with Crippen molar-refractivity contribution >= 4 is 39.5 Å². The molecule has 0 saturated carbocycles. The maximum atomic E-state index is 11.8. The number of fused-ring (bicyclic) bond motifs is 1. The minimum absolute atomic E-state index is 0.265. The first-order valence-corrected chi connectivity index (χ1v) is 11.3. The summed E-state index contributed by atoms with van der Waals surface area (Å²) in [5.74, 6) is -0.0708. The summed E-state index contributed by atoms with van der Waals surface area (Å²) in [7, 11) is 0. The summed E-state index contributed by atoms with van der Waals surface area (Å²) in [6.07, 6.45) is 2.17. The third-order valence-corrected chi connectivity index (χ3v) is 5.81. The van der Waals surface area contributed by atoms with Crippen molar-refractivity contribution < 1.29 is 14.6 Å². The first kappa shape index (κ1) is 21.3. The fourth-order valence-electron chi connectivity index (χ4n) is 3.43. The summed E-state index contributed by atoms with van der Waals surface area (Å²) >= 11 is 2.18. The Labute approximate surface area is 195 Å². The molecule has 3 aromatic carbocycles. The smallest absolute Gasteiger partial charge is 0.336 e. The Bertz CT molecular complexity index is 1220. The molecule has 0 atom stereocenters. The number of rotatable bonds is 7. The van der Waals surface area contributed by atoms with Crippen LogP contribution in [0.4, 0.5) is 0 Å². The zero-order valence-corrected chi connectivity index (χ0v) is 19.3. The van der Waals surface area contributed by atoms with Crippen LogP contribution < -0.4 is 4.74 Å². The first-order chi connectivity index (χ1) is 15.0. The largest absolute Gasteiger partial charge is 0.494 e. The Morgan fingerprint density at radius 3 is 2.23 bits per heavy atom. The summed E-state index contributed by atoms with van der Waals surface area (Å²) in [6.45, 7) is 2.88. The zero-order valence-electron chi connectivity index (χ0n) is 17.1. The Balaban J connectivity index is 1.61. The average Bonchev–Trinajstić information content (AvgIpc) is 2.79. The van der Waals surface area contributed by atoms with Gasteiger partial charge in [-0.2, -0.15) is 0 Å². The van der Waals surface area contributed by atoms with Gasteiger partial charge in [-0.1, -0.05) is 49.7 Å².